The van der Waals surface area contributed by atoms with E-state index in [9.17, 15) is 0 Å². The second-order valence-electron chi connectivity index (χ2n) is 14.0. The Bertz CT molecular complexity index is 3180. The second kappa shape index (κ2) is 13.0. The van der Waals surface area contributed by atoms with Crippen LogP contribution in [0.3, 0.4) is 0 Å². The minimum atomic E-state index is 0.590. The molecule has 0 bridgehead atoms. The van der Waals surface area contributed by atoms with Gasteiger partial charge >= 0.3 is 0 Å². The molecule has 0 saturated carbocycles. The maximum absolute atomic E-state index is 6.67. The molecule has 56 heavy (non-hydrogen) atoms. The van der Waals surface area contributed by atoms with Crippen LogP contribution in [0.25, 0.3) is 111 Å². The lowest BCUT2D eigenvalue weighted by molar-refractivity contribution is 0.668. The lowest BCUT2D eigenvalue weighted by Crippen LogP contribution is -2.00. The summed E-state index contributed by atoms with van der Waals surface area (Å²) in [5.41, 5.74) is 12.6. The van der Waals surface area contributed by atoms with Gasteiger partial charge in [0.25, 0.3) is 0 Å². The highest BCUT2D eigenvalue weighted by molar-refractivity contribution is 6.16. The third-order valence-electron chi connectivity index (χ3n) is 10.5. The van der Waals surface area contributed by atoms with Crippen LogP contribution in [0.1, 0.15) is 0 Å². The van der Waals surface area contributed by atoms with Crippen LogP contribution < -0.4 is 0 Å². The van der Waals surface area contributed by atoms with E-state index in [1.54, 1.807) is 0 Å². The van der Waals surface area contributed by atoms with Crippen LogP contribution >= 0.6 is 0 Å². The summed E-state index contributed by atoms with van der Waals surface area (Å²) in [6.45, 7) is 0. The summed E-state index contributed by atoms with van der Waals surface area (Å²) >= 11 is 0. The van der Waals surface area contributed by atoms with Crippen molar-refractivity contribution in [1.82, 2.24) is 15.0 Å². The van der Waals surface area contributed by atoms with E-state index in [1.807, 2.05) is 91.0 Å². The number of hydrogen-bond donors (Lipinski definition) is 0. The highest BCUT2D eigenvalue weighted by Crippen LogP contribution is 2.43. The van der Waals surface area contributed by atoms with Gasteiger partial charge in [0.2, 0.25) is 0 Å². The zero-order valence-electron chi connectivity index (χ0n) is 30.1. The molecule has 5 nitrogen and oxygen atoms in total. The smallest absolute Gasteiger partial charge is 0.164 e. The molecular formula is C51H31N3O2. The quantitative estimate of drug-likeness (QED) is 0.171. The minimum absolute atomic E-state index is 0.590. The Balaban J connectivity index is 1.09. The number of benzene rings is 8. The van der Waals surface area contributed by atoms with Crippen molar-refractivity contribution in [2.45, 2.75) is 0 Å². The molecule has 3 heterocycles. The van der Waals surface area contributed by atoms with Gasteiger partial charge in [0, 0.05) is 38.2 Å². The van der Waals surface area contributed by atoms with Gasteiger partial charge in [-0.15, -0.1) is 0 Å². The third-order valence-corrected chi connectivity index (χ3v) is 10.5. The molecule has 3 aromatic heterocycles. The summed E-state index contributed by atoms with van der Waals surface area (Å²) in [6.07, 6.45) is 0. The summed E-state index contributed by atoms with van der Waals surface area (Å²) in [5, 5.41) is 4.10. The summed E-state index contributed by atoms with van der Waals surface area (Å²) in [6, 6.07) is 64.6. The van der Waals surface area contributed by atoms with Crippen LogP contribution in [0.5, 0.6) is 0 Å². The molecule has 0 fully saturated rings. The highest BCUT2D eigenvalue weighted by atomic mass is 16.3. The van der Waals surface area contributed by atoms with Gasteiger partial charge in [-0.05, 0) is 75.8 Å². The lowest BCUT2D eigenvalue weighted by atomic mass is 9.92. The van der Waals surface area contributed by atoms with Crippen molar-refractivity contribution in [2.75, 3.05) is 0 Å². The minimum Gasteiger partial charge on any atom is -0.456 e. The number of nitrogens with zero attached hydrogens (tertiary/aromatic N) is 3. The SMILES string of the molecule is c1ccc(-c2cccc(-c3cc(-c4ccc5c(c4)oc4cccc(-c6nc(-c7ccccc7)nc(-c7ccccc7)n6)c45)c4c(c3)oc3ccccc34)c2)cc1. The Morgan fingerprint density at radius 1 is 0.268 bits per heavy atom. The average Bonchev–Trinajstić information content (AvgIpc) is 3.85. The van der Waals surface area contributed by atoms with Gasteiger partial charge in [-0.25, -0.2) is 15.0 Å². The molecule has 0 aliphatic heterocycles. The van der Waals surface area contributed by atoms with Crippen LogP contribution in [0.15, 0.2) is 197 Å². The van der Waals surface area contributed by atoms with Crippen molar-refractivity contribution >= 4 is 43.9 Å². The summed E-state index contributed by atoms with van der Waals surface area (Å²) in [7, 11) is 0. The number of para-hydroxylation sites is 1. The van der Waals surface area contributed by atoms with Crippen molar-refractivity contribution in [1.29, 1.82) is 0 Å². The fraction of sp³-hybridized carbons (Fsp3) is 0. The van der Waals surface area contributed by atoms with Crippen LogP contribution in [0.4, 0.5) is 0 Å². The molecule has 0 radical (unpaired) electrons. The summed E-state index contributed by atoms with van der Waals surface area (Å²) in [5.74, 6) is 1.83. The van der Waals surface area contributed by atoms with Crippen molar-refractivity contribution in [2.24, 2.45) is 0 Å². The van der Waals surface area contributed by atoms with E-state index >= 15 is 0 Å². The standard InChI is InChI=1S/C51H31N3O2/c1-4-14-32(15-5-1)35-20-12-21-36(28-35)38-29-42(48-39-22-10-11-24-43(39)55-46(48)31-38)37-26-27-40-45(30-37)56-44-25-13-23-41(47(40)44)51-53-49(33-16-6-2-7-17-33)52-50(54-51)34-18-8-3-9-19-34/h1-31H. The predicted octanol–water partition coefficient (Wildman–Crippen LogP) is 13.7. The first-order valence-electron chi connectivity index (χ1n) is 18.7. The van der Waals surface area contributed by atoms with Gasteiger partial charge in [-0.2, -0.15) is 0 Å². The van der Waals surface area contributed by atoms with Gasteiger partial charge in [0.15, 0.2) is 17.5 Å². The zero-order chi connectivity index (χ0) is 37.0. The molecule has 0 aliphatic carbocycles. The first kappa shape index (κ1) is 31.9. The van der Waals surface area contributed by atoms with Crippen LogP contribution in [-0.4, -0.2) is 15.0 Å². The van der Waals surface area contributed by atoms with Gasteiger partial charge in [0.05, 0.1) is 0 Å². The van der Waals surface area contributed by atoms with Crippen LogP contribution in [-0.2, 0) is 0 Å². The van der Waals surface area contributed by atoms with E-state index in [1.165, 1.54) is 11.1 Å². The van der Waals surface area contributed by atoms with Gasteiger partial charge in [0.1, 0.15) is 22.3 Å². The molecule has 0 saturated heterocycles. The van der Waals surface area contributed by atoms with Crippen molar-refractivity contribution in [3.05, 3.63) is 188 Å². The lowest BCUT2D eigenvalue weighted by Gasteiger charge is -2.11. The summed E-state index contributed by atoms with van der Waals surface area (Å²) in [4.78, 5) is 15.0. The first-order chi connectivity index (χ1) is 27.7. The Hall–Kier alpha value is -7.63. The van der Waals surface area contributed by atoms with E-state index in [4.69, 9.17) is 23.8 Å². The van der Waals surface area contributed by atoms with E-state index in [-0.39, 0.29) is 0 Å². The molecule has 0 atom stereocenters. The molecule has 0 N–H and O–H groups in total. The van der Waals surface area contributed by atoms with E-state index < -0.39 is 0 Å². The molecule has 0 spiro atoms. The number of aromatic nitrogens is 3. The number of hydrogen-bond acceptors (Lipinski definition) is 5. The molecule has 11 rings (SSSR count). The molecule has 0 aliphatic rings. The van der Waals surface area contributed by atoms with Gasteiger partial charge in [-0.3, -0.25) is 0 Å². The Kier molecular flexibility index (Phi) is 7.42. The van der Waals surface area contributed by atoms with Crippen LogP contribution in [0, 0.1) is 0 Å². The largest absolute Gasteiger partial charge is 0.456 e. The molecule has 0 unspecified atom stereocenters. The van der Waals surface area contributed by atoms with Crippen molar-refractivity contribution in [3.8, 4) is 67.5 Å². The van der Waals surface area contributed by atoms with Crippen LogP contribution in [0.2, 0.25) is 0 Å². The van der Waals surface area contributed by atoms with E-state index in [2.05, 4.69) is 97.1 Å². The van der Waals surface area contributed by atoms with Gasteiger partial charge < -0.3 is 8.83 Å². The molecule has 5 heteroatoms. The second-order valence-corrected chi connectivity index (χ2v) is 14.0. The number of rotatable bonds is 6. The van der Waals surface area contributed by atoms with E-state index in [0.29, 0.717) is 17.5 Å². The topological polar surface area (TPSA) is 65.0 Å². The first-order valence-corrected chi connectivity index (χ1v) is 18.7. The van der Waals surface area contributed by atoms with Crippen molar-refractivity contribution in [3.63, 3.8) is 0 Å². The molecule has 8 aromatic carbocycles. The third kappa shape index (κ3) is 5.45. The molecular weight excluding hydrogens is 687 g/mol. The fourth-order valence-electron chi connectivity index (χ4n) is 7.87. The number of furan rings is 2. The molecule has 11 aromatic rings. The Morgan fingerprint density at radius 2 is 0.786 bits per heavy atom. The predicted molar refractivity (Wildman–Crippen MR) is 227 cm³/mol. The highest BCUT2D eigenvalue weighted by Gasteiger charge is 2.20. The molecule has 0 amide bonds. The molecule has 262 valence electrons. The maximum Gasteiger partial charge on any atom is 0.164 e. The maximum atomic E-state index is 6.67. The average molecular weight is 718 g/mol. The number of fused-ring (bicyclic) bond motifs is 6. The Labute approximate surface area is 322 Å². The normalized spacial score (nSPS) is 11.6. The van der Waals surface area contributed by atoms with Gasteiger partial charge in [-0.1, -0.05) is 146 Å². The Morgan fingerprint density at radius 3 is 1.52 bits per heavy atom. The monoisotopic (exact) mass is 717 g/mol. The summed E-state index contributed by atoms with van der Waals surface area (Å²) < 4.78 is 13.2. The van der Waals surface area contributed by atoms with E-state index in [0.717, 1.165) is 82.8 Å². The van der Waals surface area contributed by atoms with Crippen molar-refractivity contribution < 1.29 is 8.83 Å². The fourth-order valence-corrected chi connectivity index (χ4v) is 7.87. The zero-order valence-corrected chi connectivity index (χ0v) is 30.1.